The van der Waals surface area contributed by atoms with Gasteiger partial charge in [-0.2, -0.15) is 5.26 Å². The van der Waals surface area contributed by atoms with Gasteiger partial charge in [0.2, 0.25) is 0 Å². The molecule has 0 saturated heterocycles. The van der Waals surface area contributed by atoms with Crippen LogP contribution in [0, 0.1) is 11.3 Å². The summed E-state index contributed by atoms with van der Waals surface area (Å²) >= 11 is 1.86. The molecule has 3 aliphatic rings. The van der Waals surface area contributed by atoms with E-state index in [1.165, 1.54) is 103 Å². The highest BCUT2D eigenvalue weighted by molar-refractivity contribution is 7.26. The Bertz CT molecular complexity index is 3620. The molecule has 9 aromatic rings. The first-order chi connectivity index (χ1) is 30.7. The van der Waals surface area contributed by atoms with Gasteiger partial charge in [0.05, 0.1) is 50.1 Å². The van der Waals surface area contributed by atoms with Crippen molar-refractivity contribution in [1.82, 2.24) is 4.57 Å². The van der Waals surface area contributed by atoms with Gasteiger partial charge in [0, 0.05) is 43.3 Å². The lowest BCUT2D eigenvalue weighted by Crippen LogP contribution is -2.62. The van der Waals surface area contributed by atoms with Gasteiger partial charge < -0.3 is 14.4 Å². The lowest BCUT2D eigenvalue weighted by molar-refractivity contribution is 0.590. The van der Waals surface area contributed by atoms with E-state index in [4.69, 9.17) is 0 Å². The number of nitriles is 1. The fraction of sp³-hybridized carbons (Fsp3) is 0.271. The van der Waals surface area contributed by atoms with E-state index < -0.39 is 0 Å². The standard InChI is InChI=1S/C59H55BN4S/c1-56(2,3)34-20-22-44-40(26-34)41-27-36(58(7,8)9)30-49-53(41)63(44)50-31-37(59(10,11)12)29-43-54(50)64(49)48-25-33(32-61)24-47-52(48)60(43)42-28-35(57(4,5)6)21-23-45(42)62(47)46-18-15-17-39-38-16-13-14-19-51(38)65-55(39)46/h13-31H,1-12H3. The van der Waals surface area contributed by atoms with E-state index in [1.54, 1.807) is 0 Å². The zero-order chi connectivity index (χ0) is 45.4. The number of nitrogens with zero attached hydrogens (tertiary/aromatic N) is 4. The number of anilines is 6. The first-order valence-electron chi connectivity index (χ1n) is 23.3. The molecule has 6 heteroatoms. The van der Waals surface area contributed by atoms with E-state index in [1.807, 2.05) is 11.3 Å². The minimum Gasteiger partial charge on any atom is -0.310 e. The third kappa shape index (κ3) is 5.61. The monoisotopic (exact) mass is 862 g/mol. The van der Waals surface area contributed by atoms with Crippen LogP contribution in [0.15, 0.2) is 115 Å². The molecule has 0 fully saturated rings. The topological polar surface area (TPSA) is 35.2 Å². The van der Waals surface area contributed by atoms with Gasteiger partial charge >= 0.3 is 0 Å². The molecule has 0 unspecified atom stereocenters. The smallest absolute Gasteiger partial charge is 0.252 e. The van der Waals surface area contributed by atoms with Crippen LogP contribution >= 0.6 is 11.3 Å². The molecule has 2 aromatic heterocycles. The van der Waals surface area contributed by atoms with Gasteiger partial charge in [-0.25, -0.2) is 0 Å². The Morgan fingerprint density at radius 3 is 1.78 bits per heavy atom. The summed E-state index contributed by atoms with van der Waals surface area (Å²) in [6.45, 7) is 27.9. The Morgan fingerprint density at radius 1 is 0.477 bits per heavy atom. The Morgan fingerprint density at radius 2 is 1.08 bits per heavy atom. The van der Waals surface area contributed by atoms with Crippen molar-refractivity contribution in [1.29, 1.82) is 5.26 Å². The molecule has 7 aromatic carbocycles. The molecule has 0 radical (unpaired) electrons. The number of hydrogen-bond acceptors (Lipinski definition) is 4. The van der Waals surface area contributed by atoms with Crippen LogP contribution in [0.4, 0.5) is 34.1 Å². The average Bonchev–Trinajstić information content (AvgIpc) is 3.80. The highest BCUT2D eigenvalue weighted by atomic mass is 32.1. The largest absolute Gasteiger partial charge is 0.310 e. The normalized spacial score (nSPS) is 14.4. The molecule has 0 saturated carbocycles. The highest BCUT2D eigenvalue weighted by Gasteiger charge is 2.48. The van der Waals surface area contributed by atoms with Gasteiger partial charge in [0.15, 0.2) is 0 Å². The van der Waals surface area contributed by atoms with Crippen molar-refractivity contribution in [2.45, 2.75) is 105 Å². The summed E-state index contributed by atoms with van der Waals surface area (Å²) in [5.74, 6) is 0. The fourth-order valence-electron chi connectivity index (χ4n) is 11.1. The summed E-state index contributed by atoms with van der Waals surface area (Å²) in [5.41, 5.74) is 19.9. The first kappa shape index (κ1) is 40.2. The maximum Gasteiger partial charge on any atom is 0.252 e. The van der Waals surface area contributed by atoms with Crippen LogP contribution in [0.2, 0.25) is 0 Å². The zero-order valence-electron chi connectivity index (χ0n) is 39.7. The third-order valence-corrected chi connectivity index (χ3v) is 15.9. The van der Waals surface area contributed by atoms with Crippen LogP contribution in [0.1, 0.15) is 111 Å². The van der Waals surface area contributed by atoms with E-state index in [-0.39, 0.29) is 28.4 Å². The average molecular weight is 863 g/mol. The summed E-state index contributed by atoms with van der Waals surface area (Å²) in [4.78, 5) is 5.08. The SMILES string of the molecule is CC(C)(C)c1ccc2c(c1)B1c3cc(C(C)(C)C)cc4c3N(c3cc(C#N)cc(c31)N2c1cccc2c1sc1ccccc12)c1cc(C(C)(C)C)cc2c3cc(C(C)(C)C)ccc3n-4c12. The Kier molecular flexibility index (Phi) is 8.02. The minimum atomic E-state index is -0.129. The number of hydrogen-bond donors (Lipinski definition) is 0. The van der Waals surface area contributed by atoms with Crippen LogP contribution < -0.4 is 26.2 Å². The maximum atomic E-state index is 11.1. The molecule has 12 rings (SSSR count). The van der Waals surface area contributed by atoms with Crippen molar-refractivity contribution in [3.05, 3.63) is 143 Å². The molecule has 65 heavy (non-hydrogen) atoms. The van der Waals surface area contributed by atoms with Gasteiger partial charge in [0.25, 0.3) is 6.71 Å². The van der Waals surface area contributed by atoms with Crippen molar-refractivity contribution in [2.24, 2.45) is 0 Å². The quantitative estimate of drug-likeness (QED) is 0.154. The molecule has 0 bridgehead atoms. The Labute approximate surface area is 387 Å². The molecule has 5 heterocycles. The predicted molar refractivity (Wildman–Crippen MR) is 281 cm³/mol. The van der Waals surface area contributed by atoms with E-state index in [9.17, 15) is 5.26 Å². The molecular weight excluding hydrogens is 808 g/mol. The lowest BCUT2D eigenvalue weighted by atomic mass is 9.33. The summed E-state index contributed by atoms with van der Waals surface area (Å²) in [6.07, 6.45) is 0. The molecule has 0 atom stereocenters. The first-order valence-corrected chi connectivity index (χ1v) is 24.1. The van der Waals surface area contributed by atoms with Gasteiger partial charge in [-0.05, 0) is 121 Å². The molecule has 3 aliphatic heterocycles. The van der Waals surface area contributed by atoms with Crippen molar-refractivity contribution < 1.29 is 0 Å². The summed E-state index contributed by atoms with van der Waals surface area (Å²) in [6, 6.07) is 46.9. The van der Waals surface area contributed by atoms with Crippen LogP contribution in [0.5, 0.6) is 0 Å². The third-order valence-electron chi connectivity index (χ3n) is 14.7. The minimum absolute atomic E-state index is 0.0104. The van der Waals surface area contributed by atoms with E-state index >= 15 is 0 Å². The van der Waals surface area contributed by atoms with E-state index in [0.717, 1.165) is 17.1 Å². The van der Waals surface area contributed by atoms with Gasteiger partial charge in [0.1, 0.15) is 0 Å². The lowest BCUT2D eigenvalue weighted by Gasteiger charge is -2.47. The van der Waals surface area contributed by atoms with E-state index in [0.29, 0.717) is 5.56 Å². The second kappa shape index (κ2) is 13.0. The number of fused-ring (bicyclic) bond motifs is 12. The number of rotatable bonds is 1. The van der Waals surface area contributed by atoms with Crippen molar-refractivity contribution in [3.63, 3.8) is 0 Å². The molecule has 320 valence electrons. The molecule has 0 amide bonds. The Hall–Kier alpha value is -6.29. The second-order valence-corrected chi connectivity index (χ2v) is 24.1. The predicted octanol–water partition coefficient (Wildman–Crippen LogP) is 14.6. The van der Waals surface area contributed by atoms with Gasteiger partial charge in [-0.3, -0.25) is 0 Å². The van der Waals surface area contributed by atoms with Gasteiger partial charge in [-0.1, -0.05) is 138 Å². The molecule has 0 N–H and O–H groups in total. The van der Waals surface area contributed by atoms with Crippen molar-refractivity contribution in [3.8, 4) is 11.8 Å². The molecule has 0 aliphatic carbocycles. The van der Waals surface area contributed by atoms with Crippen LogP contribution in [0.3, 0.4) is 0 Å². The van der Waals surface area contributed by atoms with Crippen LogP contribution in [-0.4, -0.2) is 11.3 Å². The number of thiophene rings is 1. The van der Waals surface area contributed by atoms with Gasteiger partial charge in [-0.15, -0.1) is 11.3 Å². The Balaban J connectivity index is 1.28. The summed E-state index contributed by atoms with van der Waals surface area (Å²) < 4.78 is 5.12. The second-order valence-electron chi connectivity index (χ2n) is 23.1. The number of aromatic nitrogens is 1. The molecular formula is C59H55BN4S. The van der Waals surface area contributed by atoms with Crippen molar-refractivity contribution in [2.75, 3.05) is 9.80 Å². The summed E-state index contributed by atoms with van der Waals surface area (Å²) in [5, 5.41) is 16.2. The van der Waals surface area contributed by atoms with Crippen LogP contribution in [-0.2, 0) is 21.7 Å². The van der Waals surface area contributed by atoms with Crippen LogP contribution in [0.25, 0.3) is 47.7 Å². The maximum absolute atomic E-state index is 11.1. The number of benzene rings is 7. The highest BCUT2D eigenvalue weighted by Crippen LogP contribution is 2.55. The zero-order valence-corrected chi connectivity index (χ0v) is 40.6. The van der Waals surface area contributed by atoms with E-state index in [2.05, 4.69) is 219 Å². The molecule has 4 nitrogen and oxygen atoms in total. The van der Waals surface area contributed by atoms with Crippen molar-refractivity contribution >= 4 is 111 Å². The summed E-state index contributed by atoms with van der Waals surface area (Å²) in [7, 11) is 0. The fourth-order valence-corrected chi connectivity index (χ4v) is 12.3. The molecule has 0 spiro atoms.